The first kappa shape index (κ1) is 17.1. The molecular weight excluding hydrogens is 394 g/mol. The summed E-state index contributed by atoms with van der Waals surface area (Å²) in [5.41, 5.74) is -0.761. The maximum absolute atomic E-state index is 13.0. The van der Waals surface area contributed by atoms with Crippen molar-refractivity contribution in [3.63, 3.8) is 0 Å². The van der Waals surface area contributed by atoms with Crippen LogP contribution < -0.4 is 0 Å². The van der Waals surface area contributed by atoms with Gasteiger partial charge in [-0.2, -0.15) is 10.2 Å². The maximum Gasteiger partial charge on any atom is 0.247 e. The lowest BCUT2D eigenvalue weighted by molar-refractivity contribution is 0.231. The highest BCUT2D eigenvalue weighted by Crippen LogP contribution is 2.43. The number of rotatable bonds is 4. The second-order valence-corrected chi connectivity index (χ2v) is 9.85. The average Bonchev–Trinajstić information content (AvgIpc) is 2.98. The summed E-state index contributed by atoms with van der Waals surface area (Å²) in [5, 5.41) is 13.2. The van der Waals surface area contributed by atoms with Gasteiger partial charge in [0.15, 0.2) is 15.7 Å². The van der Waals surface area contributed by atoms with Crippen LogP contribution in [0, 0.1) is 11.3 Å². The number of halogens is 1. The molecule has 0 spiro atoms. The van der Waals surface area contributed by atoms with Crippen molar-refractivity contribution in [2.45, 2.75) is 48.2 Å². The molecule has 1 aliphatic rings. The Morgan fingerprint density at radius 2 is 1.92 bits per heavy atom. The van der Waals surface area contributed by atoms with Crippen LogP contribution in [-0.4, -0.2) is 18.6 Å². The monoisotopic (exact) mass is 409 g/mol. The fourth-order valence-electron chi connectivity index (χ4n) is 2.59. The molecule has 0 amide bonds. The fraction of sp³-hybridized carbons (Fsp3) is 0.438. The summed E-state index contributed by atoms with van der Waals surface area (Å²) in [5.74, 6) is 0.285. The molecule has 0 saturated heterocycles. The van der Waals surface area contributed by atoms with Gasteiger partial charge in [0.1, 0.15) is 10.2 Å². The Morgan fingerprint density at radius 1 is 1.29 bits per heavy atom. The lowest BCUT2D eigenvalue weighted by atomic mass is 9.70. The first-order valence-electron chi connectivity index (χ1n) is 7.49. The maximum atomic E-state index is 13.0. The molecule has 0 bridgehead atoms. The predicted molar refractivity (Wildman–Crippen MR) is 89.8 cm³/mol. The van der Waals surface area contributed by atoms with Crippen LogP contribution in [0.5, 0.6) is 0 Å². The topological polar surface area (TPSA) is 96.8 Å². The molecule has 0 N–H and O–H groups in total. The van der Waals surface area contributed by atoms with Gasteiger partial charge < -0.3 is 4.52 Å². The number of nitrogens with zero attached hydrogens (tertiary/aromatic N) is 3. The zero-order valence-electron chi connectivity index (χ0n) is 13.3. The van der Waals surface area contributed by atoms with E-state index in [-0.39, 0.29) is 16.6 Å². The minimum absolute atomic E-state index is 0.0712. The molecule has 1 aromatic heterocycles. The van der Waals surface area contributed by atoms with Crippen LogP contribution in [0.25, 0.3) is 0 Å². The molecule has 1 fully saturated rings. The summed E-state index contributed by atoms with van der Waals surface area (Å²) in [6.07, 6.45) is 2.24. The molecule has 1 aliphatic carbocycles. The van der Waals surface area contributed by atoms with E-state index >= 15 is 0 Å². The summed E-state index contributed by atoms with van der Waals surface area (Å²) in [7, 11) is -3.72. The number of benzene rings is 1. The summed E-state index contributed by atoms with van der Waals surface area (Å²) < 4.78 is 30.6. The first-order chi connectivity index (χ1) is 11.2. The summed E-state index contributed by atoms with van der Waals surface area (Å²) in [6.45, 7) is 3.08. The molecule has 0 radical (unpaired) electrons. The third kappa shape index (κ3) is 2.47. The highest BCUT2D eigenvalue weighted by Gasteiger charge is 2.47. The molecule has 1 aromatic carbocycles. The number of sulfone groups is 1. The number of aromatic nitrogens is 2. The van der Waals surface area contributed by atoms with Crippen molar-refractivity contribution >= 4 is 25.8 Å². The van der Waals surface area contributed by atoms with Crippen LogP contribution in [-0.2, 0) is 20.0 Å². The molecule has 8 heteroatoms. The van der Waals surface area contributed by atoms with E-state index in [4.69, 9.17) is 4.52 Å². The summed E-state index contributed by atoms with van der Waals surface area (Å²) in [6, 6.07) is 8.63. The highest BCUT2D eigenvalue weighted by atomic mass is 79.9. The normalized spacial score (nSPS) is 17.1. The lowest BCUT2D eigenvalue weighted by Gasteiger charge is -2.30. The quantitative estimate of drug-likeness (QED) is 0.766. The van der Waals surface area contributed by atoms with E-state index in [2.05, 4.69) is 32.1 Å². The van der Waals surface area contributed by atoms with Crippen molar-refractivity contribution in [2.75, 3.05) is 0 Å². The average molecular weight is 410 g/mol. The molecule has 6 nitrogen and oxygen atoms in total. The van der Waals surface area contributed by atoms with Gasteiger partial charge in [-0.05, 0) is 57.4 Å². The highest BCUT2D eigenvalue weighted by molar-refractivity contribution is 9.10. The SMILES string of the molecule is CC(C)(c1noc(C2(C#N)CCC2)n1)S(=O)(=O)c1ccc(Br)cc1. The molecule has 3 rings (SSSR count). The van der Waals surface area contributed by atoms with E-state index in [1.807, 2.05) is 0 Å². The van der Waals surface area contributed by atoms with Crippen LogP contribution in [0.15, 0.2) is 38.2 Å². The van der Waals surface area contributed by atoms with Crippen molar-refractivity contribution in [2.24, 2.45) is 0 Å². The molecule has 0 unspecified atom stereocenters. The molecule has 24 heavy (non-hydrogen) atoms. The van der Waals surface area contributed by atoms with Crippen molar-refractivity contribution in [3.05, 3.63) is 40.5 Å². The molecular formula is C16H16BrN3O3S. The van der Waals surface area contributed by atoms with Gasteiger partial charge in [-0.25, -0.2) is 8.42 Å². The van der Waals surface area contributed by atoms with Gasteiger partial charge in [0.2, 0.25) is 5.89 Å². The van der Waals surface area contributed by atoms with E-state index in [0.29, 0.717) is 12.8 Å². The van der Waals surface area contributed by atoms with Crippen LogP contribution >= 0.6 is 15.9 Å². The van der Waals surface area contributed by atoms with Gasteiger partial charge in [-0.3, -0.25) is 0 Å². The number of hydrogen-bond acceptors (Lipinski definition) is 6. The van der Waals surface area contributed by atoms with E-state index in [1.165, 1.54) is 12.1 Å². The Labute approximate surface area is 148 Å². The van der Waals surface area contributed by atoms with Crippen molar-refractivity contribution < 1.29 is 12.9 Å². The lowest BCUT2D eigenvalue weighted by Crippen LogP contribution is -2.34. The van der Waals surface area contributed by atoms with E-state index in [1.54, 1.807) is 26.0 Å². The van der Waals surface area contributed by atoms with Gasteiger partial charge in [0.25, 0.3) is 0 Å². The minimum Gasteiger partial charge on any atom is -0.338 e. The van der Waals surface area contributed by atoms with Crippen LogP contribution in [0.2, 0.25) is 0 Å². The van der Waals surface area contributed by atoms with E-state index in [0.717, 1.165) is 10.9 Å². The third-order valence-corrected chi connectivity index (χ3v) is 7.54. The Bertz CT molecular complexity index is 907. The second-order valence-electron chi connectivity index (χ2n) is 6.44. The van der Waals surface area contributed by atoms with Gasteiger partial charge in [0.05, 0.1) is 11.0 Å². The zero-order chi connectivity index (χ0) is 17.6. The van der Waals surface area contributed by atoms with Gasteiger partial charge in [0, 0.05) is 4.47 Å². The Balaban J connectivity index is 2.00. The molecule has 0 aliphatic heterocycles. The molecule has 1 heterocycles. The smallest absolute Gasteiger partial charge is 0.247 e. The van der Waals surface area contributed by atoms with Crippen LogP contribution in [0.4, 0.5) is 0 Å². The Morgan fingerprint density at radius 3 is 2.42 bits per heavy atom. The standard InChI is InChI=1S/C16H16BrN3O3S/c1-15(2,24(21,22)12-6-4-11(17)5-7-12)13-19-14(23-20-13)16(10-18)8-3-9-16/h4-7H,3,8-9H2,1-2H3. The summed E-state index contributed by atoms with van der Waals surface area (Å²) in [4.78, 5) is 4.45. The van der Waals surface area contributed by atoms with E-state index < -0.39 is 20.0 Å². The van der Waals surface area contributed by atoms with Gasteiger partial charge >= 0.3 is 0 Å². The predicted octanol–water partition coefficient (Wildman–Crippen LogP) is 3.49. The van der Waals surface area contributed by atoms with Crippen LogP contribution in [0.1, 0.15) is 44.8 Å². The minimum atomic E-state index is -3.72. The van der Waals surface area contributed by atoms with Gasteiger partial charge in [-0.15, -0.1) is 0 Å². The van der Waals surface area contributed by atoms with Crippen molar-refractivity contribution in [1.29, 1.82) is 5.26 Å². The van der Waals surface area contributed by atoms with Crippen molar-refractivity contribution in [1.82, 2.24) is 10.1 Å². The summed E-state index contributed by atoms with van der Waals surface area (Å²) >= 11 is 3.29. The fourth-order valence-corrected chi connectivity index (χ4v) is 4.27. The second kappa shape index (κ2) is 5.67. The Hall–Kier alpha value is -1.72. The van der Waals surface area contributed by atoms with E-state index in [9.17, 15) is 13.7 Å². The first-order valence-corrected chi connectivity index (χ1v) is 9.77. The van der Waals surface area contributed by atoms with Crippen molar-refractivity contribution in [3.8, 4) is 6.07 Å². The molecule has 126 valence electrons. The molecule has 1 saturated carbocycles. The number of hydrogen-bond donors (Lipinski definition) is 0. The number of nitriles is 1. The molecule has 0 atom stereocenters. The van der Waals surface area contributed by atoms with Gasteiger partial charge in [-0.1, -0.05) is 21.1 Å². The Kier molecular flexibility index (Phi) is 4.04. The third-order valence-electron chi connectivity index (χ3n) is 4.59. The zero-order valence-corrected chi connectivity index (χ0v) is 15.7. The largest absolute Gasteiger partial charge is 0.338 e. The molecule has 2 aromatic rings. The van der Waals surface area contributed by atoms with Crippen LogP contribution in [0.3, 0.4) is 0 Å².